The van der Waals surface area contributed by atoms with Crippen LogP contribution in [0.15, 0.2) is 83.8 Å². The van der Waals surface area contributed by atoms with Crippen molar-refractivity contribution >= 4 is 27.5 Å². The molecule has 9 heteroatoms. The third-order valence-corrected chi connectivity index (χ3v) is 7.96. The second-order valence-electron chi connectivity index (χ2n) is 9.31. The first-order chi connectivity index (χ1) is 18.0. The highest BCUT2D eigenvalue weighted by molar-refractivity contribution is 7.92. The average Bonchev–Trinajstić information content (AvgIpc) is 2.90. The van der Waals surface area contributed by atoms with Gasteiger partial charge in [0.05, 0.1) is 17.7 Å². The summed E-state index contributed by atoms with van der Waals surface area (Å²) in [7, 11) is -2.63. The number of hydrogen-bond acceptors (Lipinski definition) is 5. The third-order valence-electron chi connectivity index (χ3n) is 6.17. The van der Waals surface area contributed by atoms with Gasteiger partial charge in [-0.05, 0) is 75.2 Å². The number of aryl methyl sites for hydroxylation is 1. The molecule has 1 N–H and O–H groups in total. The molecule has 0 heterocycles. The third kappa shape index (κ3) is 6.92. The maximum absolute atomic E-state index is 13.9. The molecule has 0 aliphatic carbocycles. The maximum Gasteiger partial charge on any atom is 0.264 e. The molecule has 0 radical (unpaired) electrons. The van der Waals surface area contributed by atoms with Gasteiger partial charge in [0.15, 0.2) is 0 Å². The Labute approximate surface area is 225 Å². The van der Waals surface area contributed by atoms with E-state index in [2.05, 4.69) is 5.32 Å². The van der Waals surface area contributed by atoms with Crippen LogP contribution in [0.3, 0.4) is 0 Å². The molecule has 1 atom stereocenters. The van der Waals surface area contributed by atoms with Crippen LogP contribution in [-0.4, -0.2) is 50.9 Å². The number of amides is 2. The molecule has 3 rings (SSSR count). The number of rotatable bonds is 11. The van der Waals surface area contributed by atoms with Gasteiger partial charge in [0.25, 0.3) is 10.0 Å². The number of nitrogens with zero attached hydrogens (tertiary/aromatic N) is 2. The molecule has 8 nitrogen and oxygen atoms in total. The largest absolute Gasteiger partial charge is 0.497 e. The zero-order valence-electron chi connectivity index (χ0n) is 22.4. The van der Waals surface area contributed by atoms with E-state index in [4.69, 9.17) is 4.74 Å². The highest BCUT2D eigenvalue weighted by Crippen LogP contribution is 2.26. The van der Waals surface area contributed by atoms with Crippen molar-refractivity contribution in [1.29, 1.82) is 0 Å². The first-order valence-corrected chi connectivity index (χ1v) is 13.8. The fraction of sp³-hybridized carbons (Fsp3) is 0.310. The SMILES string of the molecule is COc1ccc(S(=O)(=O)N(CC(=O)N(Cc2ccccc2C)[C@@H](C)C(=O)NC(C)C)c2ccccc2)cc1. The summed E-state index contributed by atoms with van der Waals surface area (Å²) in [6.07, 6.45) is 0. The number of carbonyl (C=O) groups excluding carboxylic acids is 2. The molecule has 3 aromatic carbocycles. The van der Waals surface area contributed by atoms with Crippen molar-refractivity contribution in [3.63, 3.8) is 0 Å². The molecular weight excluding hydrogens is 502 g/mol. The van der Waals surface area contributed by atoms with E-state index in [1.807, 2.05) is 45.0 Å². The molecule has 0 bridgehead atoms. The minimum absolute atomic E-state index is 0.0195. The number of carbonyl (C=O) groups is 2. The van der Waals surface area contributed by atoms with Gasteiger partial charge in [0.2, 0.25) is 11.8 Å². The molecule has 0 aliphatic rings. The van der Waals surface area contributed by atoms with Crippen molar-refractivity contribution in [2.75, 3.05) is 18.0 Å². The minimum atomic E-state index is -4.12. The molecule has 0 aliphatic heterocycles. The van der Waals surface area contributed by atoms with Crippen LogP contribution in [-0.2, 0) is 26.2 Å². The van der Waals surface area contributed by atoms with Gasteiger partial charge >= 0.3 is 0 Å². The van der Waals surface area contributed by atoms with Crippen LogP contribution < -0.4 is 14.4 Å². The Balaban J connectivity index is 2.01. The molecule has 202 valence electrons. The molecule has 38 heavy (non-hydrogen) atoms. The van der Waals surface area contributed by atoms with E-state index in [1.165, 1.54) is 24.1 Å². The Bertz CT molecular complexity index is 1340. The smallest absolute Gasteiger partial charge is 0.264 e. The van der Waals surface area contributed by atoms with Gasteiger partial charge in [-0.2, -0.15) is 0 Å². The van der Waals surface area contributed by atoms with Gasteiger partial charge in [0.1, 0.15) is 18.3 Å². The van der Waals surface area contributed by atoms with E-state index in [1.54, 1.807) is 49.4 Å². The van der Waals surface area contributed by atoms with Crippen molar-refractivity contribution in [2.45, 2.75) is 51.2 Å². The summed E-state index contributed by atoms with van der Waals surface area (Å²) in [4.78, 5) is 28.3. The predicted molar refractivity (Wildman–Crippen MR) is 148 cm³/mol. The average molecular weight is 538 g/mol. The Kier molecular flexibility index (Phi) is 9.52. The second kappa shape index (κ2) is 12.6. The highest BCUT2D eigenvalue weighted by Gasteiger charge is 2.32. The summed E-state index contributed by atoms with van der Waals surface area (Å²) in [5.41, 5.74) is 2.17. The van der Waals surface area contributed by atoms with Crippen LogP contribution in [0.5, 0.6) is 5.75 Å². The van der Waals surface area contributed by atoms with E-state index in [9.17, 15) is 18.0 Å². The zero-order chi connectivity index (χ0) is 27.9. The van der Waals surface area contributed by atoms with E-state index >= 15 is 0 Å². The Hall–Kier alpha value is -3.85. The molecule has 0 saturated heterocycles. The van der Waals surface area contributed by atoms with Gasteiger partial charge < -0.3 is 15.0 Å². The van der Waals surface area contributed by atoms with Crippen LogP contribution in [0, 0.1) is 6.92 Å². The first kappa shape index (κ1) is 28.7. The molecule has 2 amide bonds. The summed E-state index contributed by atoms with van der Waals surface area (Å²) in [6.45, 7) is 6.94. The van der Waals surface area contributed by atoms with Crippen molar-refractivity contribution < 1.29 is 22.7 Å². The topological polar surface area (TPSA) is 96.0 Å². The van der Waals surface area contributed by atoms with E-state index in [-0.39, 0.29) is 23.4 Å². The number of anilines is 1. The molecule has 0 fully saturated rings. The number of para-hydroxylation sites is 1. The zero-order valence-corrected chi connectivity index (χ0v) is 23.2. The lowest BCUT2D eigenvalue weighted by molar-refractivity contribution is -0.139. The Morgan fingerprint density at radius 2 is 1.50 bits per heavy atom. The number of sulfonamides is 1. The number of benzene rings is 3. The van der Waals surface area contributed by atoms with Crippen LogP contribution in [0.25, 0.3) is 0 Å². The number of methoxy groups -OCH3 is 1. The lowest BCUT2D eigenvalue weighted by Gasteiger charge is -2.32. The summed E-state index contributed by atoms with van der Waals surface area (Å²) in [6, 6.07) is 21.1. The highest BCUT2D eigenvalue weighted by atomic mass is 32.2. The van der Waals surface area contributed by atoms with Gasteiger partial charge in [-0.15, -0.1) is 0 Å². The first-order valence-electron chi connectivity index (χ1n) is 12.4. The number of hydrogen-bond donors (Lipinski definition) is 1. The lowest BCUT2D eigenvalue weighted by atomic mass is 10.1. The maximum atomic E-state index is 13.9. The second-order valence-corrected chi connectivity index (χ2v) is 11.2. The standard InChI is InChI=1S/C29H35N3O5S/c1-21(2)30-29(34)23(4)31(19-24-12-10-9-11-22(24)3)28(33)20-32(25-13-7-6-8-14-25)38(35,36)27-17-15-26(37-5)16-18-27/h6-18,21,23H,19-20H2,1-5H3,(H,30,34)/t23-/m0/s1. The van der Waals surface area contributed by atoms with Gasteiger partial charge in [0, 0.05) is 12.6 Å². The van der Waals surface area contributed by atoms with Crippen molar-refractivity contribution in [3.8, 4) is 5.75 Å². The van der Waals surface area contributed by atoms with Crippen LogP contribution >= 0.6 is 0 Å². The summed E-state index contributed by atoms with van der Waals surface area (Å²) in [5.74, 6) is -0.299. The summed E-state index contributed by atoms with van der Waals surface area (Å²) in [5, 5.41) is 2.85. The number of ether oxygens (including phenoxy) is 1. The fourth-order valence-electron chi connectivity index (χ4n) is 3.96. The van der Waals surface area contributed by atoms with Crippen molar-refractivity contribution in [1.82, 2.24) is 10.2 Å². The van der Waals surface area contributed by atoms with Crippen LogP contribution in [0.1, 0.15) is 31.9 Å². The molecular formula is C29H35N3O5S. The van der Waals surface area contributed by atoms with Gasteiger partial charge in [-0.3, -0.25) is 13.9 Å². The molecule has 0 saturated carbocycles. The van der Waals surface area contributed by atoms with E-state index in [0.717, 1.165) is 15.4 Å². The number of nitrogens with one attached hydrogen (secondary N) is 1. The molecule has 0 unspecified atom stereocenters. The van der Waals surface area contributed by atoms with Gasteiger partial charge in [-0.25, -0.2) is 8.42 Å². The Morgan fingerprint density at radius 3 is 2.08 bits per heavy atom. The fourth-order valence-corrected chi connectivity index (χ4v) is 5.37. The monoisotopic (exact) mass is 537 g/mol. The molecule has 3 aromatic rings. The Morgan fingerprint density at radius 1 is 0.895 bits per heavy atom. The van der Waals surface area contributed by atoms with Crippen LogP contribution in [0.2, 0.25) is 0 Å². The van der Waals surface area contributed by atoms with Crippen LogP contribution in [0.4, 0.5) is 5.69 Å². The minimum Gasteiger partial charge on any atom is -0.497 e. The van der Waals surface area contributed by atoms with E-state index in [0.29, 0.717) is 11.4 Å². The van der Waals surface area contributed by atoms with Gasteiger partial charge in [-0.1, -0.05) is 42.5 Å². The lowest BCUT2D eigenvalue weighted by Crippen LogP contribution is -2.52. The molecule has 0 aromatic heterocycles. The van der Waals surface area contributed by atoms with E-state index < -0.39 is 28.5 Å². The molecule has 0 spiro atoms. The predicted octanol–water partition coefficient (Wildman–Crippen LogP) is 4.14. The summed E-state index contributed by atoms with van der Waals surface area (Å²) >= 11 is 0. The van der Waals surface area contributed by atoms with Crippen molar-refractivity contribution in [3.05, 3.63) is 90.0 Å². The summed E-state index contributed by atoms with van der Waals surface area (Å²) < 4.78 is 33.8. The quantitative estimate of drug-likeness (QED) is 0.397. The van der Waals surface area contributed by atoms with Crippen molar-refractivity contribution in [2.24, 2.45) is 0 Å². The normalized spacial score (nSPS) is 12.1.